The Morgan fingerprint density at radius 1 is 0.957 bits per heavy atom. The molecule has 4 heterocycles. The van der Waals surface area contributed by atoms with Crippen molar-refractivity contribution in [2.24, 2.45) is 5.41 Å². The number of thioether (sulfide) groups is 1. The molecule has 47 heavy (non-hydrogen) atoms. The number of anilines is 2. The Morgan fingerprint density at radius 3 is 2.40 bits per heavy atom. The first-order valence-electron chi connectivity index (χ1n) is 17.4. The average Bonchev–Trinajstić information content (AvgIpc) is 3.61. The number of hydrogen-bond donors (Lipinski definition) is 1. The van der Waals surface area contributed by atoms with Crippen LogP contribution in [0.2, 0.25) is 0 Å². The van der Waals surface area contributed by atoms with E-state index in [0.29, 0.717) is 32.2 Å². The lowest BCUT2D eigenvalue weighted by Gasteiger charge is -2.38. The van der Waals surface area contributed by atoms with Gasteiger partial charge < -0.3 is 29.8 Å². The fourth-order valence-electron chi connectivity index (χ4n) is 7.47. The molecule has 2 aromatic carbocycles. The topological polar surface area (TPSA) is 79.4 Å². The standard InChI is InChI=1S/C37H52N6O3S/c1-37(2,3)18-23-43-34(45)32(47-35(43)29-11-7-9-13-31(29)41-21-17-28(25-41)39(4)5)24-33(44)40-19-15-27(16-20-40)42-22-14-26-10-6-8-12-30(26)38-36(42)46/h6-13,27-28,32,35H,14-25H2,1-5H3,(H,38,46)/t28-,32?,35?/m1/s1. The first kappa shape index (κ1) is 33.7. The van der Waals surface area contributed by atoms with Crippen molar-refractivity contribution in [2.45, 2.75) is 82.0 Å². The molecule has 10 heteroatoms. The molecule has 0 aliphatic carbocycles. The van der Waals surface area contributed by atoms with Crippen LogP contribution in [0.4, 0.5) is 16.2 Å². The third kappa shape index (κ3) is 7.59. The highest BCUT2D eigenvalue weighted by Gasteiger charge is 2.44. The predicted molar refractivity (Wildman–Crippen MR) is 191 cm³/mol. The minimum Gasteiger partial charge on any atom is -0.370 e. The molecule has 0 saturated carbocycles. The first-order chi connectivity index (χ1) is 22.5. The minimum atomic E-state index is -0.402. The maximum Gasteiger partial charge on any atom is 0.322 e. The molecule has 2 aromatic rings. The van der Waals surface area contributed by atoms with Gasteiger partial charge in [-0.3, -0.25) is 9.59 Å². The maximum absolute atomic E-state index is 14.1. The molecule has 2 unspecified atom stereocenters. The molecule has 0 radical (unpaired) electrons. The highest BCUT2D eigenvalue weighted by molar-refractivity contribution is 8.01. The number of amides is 4. The molecule has 0 spiro atoms. The number of nitrogens with one attached hydrogen (secondary N) is 1. The van der Waals surface area contributed by atoms with Crippen LogP contribution >= 0.6 is 11.8 Å². The van der Waals surface area contributed by atoms with Gasteiger partial charge in [0, 0.05) is 74.7 Å². The molecule has 3 saturated heterocycles. The summed E-state index contributed by atoms with van der Waals surface area (Å²) in [6, 6.07) is 17.1. The molecule has 3 fully saturated rings. The van der Waals surface area contributed by atoms with Gasteiger partial charge in [-0.15, -0.1) is 11.8 Å². The van der Waals surface area contributed by atoms with Gasteiger partial charge in [0.2, 0.25) is 11.8 Å². The van der Waals surface area contributed by atoms with Crippen LogP contribution in [0.25, 0.3) is 0 Å². The average molecular weight is 661 g/mol. The zero-order valence-corrected chi connectivity index (χ0v) is 29.6. The second-order valence-corrected chi connectivity index (χ2v) is 16.4. The van der Waals surface area contributed by atoms with Crippen molar-refractivity contribution in [3.63, 3.8) is 0 Å². The van der Waals surface area contributed by atoms with Gasteiger partial charge in [-0.25, -0.2) is 4.79 Å². The molecule has 4 aliphatic heterocycles. The molecular weight excluding hydrogens is 609 g/mol. The molecule has 0 bridgehead atoms. The summed E-state index contributed by atoms with van der Waals surface area (Å²) in [5.74, 6) is 0.121. The Morgan fingerprint density at radius 2 is 1.68 bits per heavy atom. The smallest absolute Gasteiger partial charge is 0.322 e. The molecule has 4 aliphatic rings. The van der Waals surface area contributed by atoms with Gasteiger partial charge in [0.15, 0.2) is 0 Å². The predicted octanol–water partition coefficient (Wildman–Crippen LogP) is 5.68. The Hall–Kier alpha value is -3.24. The molecule has 4 amide bonds. The highest BCUT2D eigenvalue weighted by atomic mass is 32.2. The number of carbonyl (C=O) groups excluding carboxylic acids is 3. The zero-order valence-electron chi connectivity index (χ0n) is 28.8. The van der Waals surface area contributed by atoms with E-state index in [1.807, 2.05) is 32.9 Å². The fraction of sp³-hybridized carbons (Fsp3) is 0.595. The minimum absolute atomic E-state index is 0.0418. The Balaban J connectivity index is 1.11. The van der Waals surface area contributed by atoms with Gasteiger partial charge >= 0.3 is 6.03 Å². The lowest BCUT2D eigenvalue weighted by molar-refractivity contribution is -0.137. The van der Waals surface area contributed by atoms with E-state index in [9.17, 15) is 14.4 Å². The van der Waals surface area contributed by atoms with Crippen molar-refractivity contribution in [1.29, 1.82) is 0 Å². The molecule has 6 rings (SSSR count). The van der Waals surface area contributed by atoms with E-state index in [4.69, 9.17) is 0 Å². The molecule has 254 valence electrons. The number of nitrogens with zero attached hydrogens (tertiary/aromatic N) is 5. The van der Waals surface area contributed by atoms with E-state index in [1.54, 1.807) is 11.8 Å². The normalized spacial score (nSPS) is 24.2. The summed E-state index contributed by atoms with van der Waals surface area (Å²) in [6.45, 7) is 11.2. The fourth-order valence-corrected chi connectivity index (χ4v) is 8.97. The molecule has 0 aromatic heterocycles. The van der Waals surface area contributed by atoms with Gasteiger partial charge in [-0.05, 0) is 69.3 Å². The van der Waals surface area contributed by atoms with Crippen LogP contribution in [0.15, 0.2) is 48.5 Å². The van der Waals surface area contributed by atoms with Crippen LogP contribution in [0.3, 0.4) is 0 Å². The first-order valence-corrected chi connectivity index (χ1v) is 18.3. The zero-order chi connectivity index (χ0) is 33.3. The van der Waals surface area contributed by atoms with Crippen LogP contribution in [0.5, 0.6) is 0 Å². The second-order valence-electron chi connectivity index (χ2n) is 15.1. The van der Waals surface area contributed by atoms with E-state index in [2.05, 4.69) is 80.3 Å². The van der Waals surface area contributed by atoms with E-state index in [0.717, 1.165) is 56.4 Å². The number of piperidine rings is 1. The van der Waals surface area contributed by atoms with Crippen molar-refractivity contribution in [3.05, 3.63) is 59.7 Å². The third-order valence-electron chi connectivity index (χ3n) is 10.4. The largest absolute Gasteiger partial charge is 0.370 e. The Bertz CT molecular complexity index is 1450. The van der Waals surface area contributed by atoms with Gasteiger partial charge in [0.05, 0.1) is 5.25 Å². The number of likely N-dealkylation sites (tertiary alicyclic amines) is 1. The summed E-state index contributed by atoms with van der Waals surface area (Å²) in [4.78, 5) is 51.6. The number of hydrogen-bond acceptors (Lipinski definition) is 6. The van der Waals surface area contributed by atoms with E-state index in [1.165, 1.54) is 11.3 Å². The number of carbonyl (C=O) groups is 3. The van der Waals surface area contributed by atoms with Crippen LogP contribution < -0.4 is 10.2 Å². The highest BCUT2D eigenvalue weighted by Crippen LogP contribution is 2.48. The van der Waals surface area contributed by atoms with Crippen molar-refractivity contribution in [1.82, 2.24) is 19.6 Å². The number of para-hydroxylation sites is 2. The third-order valence-corrected chi connectivity index (χ3v) is 11.9. The number of fused-ring (bicyclic) bond motifs is 1. The summed E-state index contributed by atoms with van der Waals surface area (Å²) >= 11 is 1.65. The molecular formula is C37H52N6O3S. The van der Waals surface area contributed by atoms with Crippen LogP contribution in [0, 0.1) is 5.41 Å². The van der Waals surface area contributed by atoms with Gasteiger partial charge in [0.1, 0.15) is 5.37 Å². The molecule has 3 atom stereocenters. The van der Waals surface area contributed by atoms with Gasteiger partial charge in [-0.1, -0.05) is 57.2 Å². The van der Waals surface area contributed by atoms with E-state index < -0.39 is 5.25 Å². The van der Waals surface area contributed by atoms with E-state index >= 15 is 0 Å². The SMILES string of the molecule is CN(C)[C@@H]1CCN(c2ccccc2C2SC(CC(=O)N3CCC(N4CCc5ccccc5NC4=O)CC3)C(=O)N2CCC(C)(C)C)C1. The summed E-state index contributed by atoms with van der Waals surface area (Å²) in [6.07, 6.45) is 4.55. The van der Waals surface area contributed by atoms with Crippen molar-refractivity contribution >= 4 is 41.0 Å². The van der Waals surface area contributed by atoms with E-state index in [-0.39, 0.29) is 41.1 Å². The van der Waals surface area contributed by atoms with Crippen molar-refractivity contribution in [3.8, 4) is 0 Å². The van der Waals surface area contributed by atoms with Gasteiger partial charge in [-0.2, -0.15) is 0 Å². The quantitative estimate of drug-likeness (QED) is 0.393. The number of likely N-dealkylation sites (N-methyl/N-ethyl adjacent to an activating group) is 1. The van der Waals surface area contributed by atoms with Gasteiger partial charge in [0.25, 0.3) is 0 Å². The summed E-state index contributed by atoms with van der Waals surface area (Å²) in [5.41, 5.74) is 4.52. The maximum atomic E-state index is 14.1. The monoisotopic (exact) mass is 660 g/mol. The molecule has 1 N–H and O–H groups in total. The van der Waals surface area contributed by atoms with Crippen LogP contribution in [-0.4, -0.2) is 108 Å². The van der Waals surface area contributed by atoms with Crippen molar-refractivity contribution in [2.75, 3.05) is 63.6 Å². The van der Waals surface area contributed by atoms with Crippen LogP contribution in [-0.2, 0) is 16.0 Å². The summed E-state index contributed by atoms with van der Waals surface area (Å²) in [7, 11) is 4.30. The summed E-state index contributed by atoms with van der Waals surface area (Å²) in [5, 5.41) is 2.56. The summed E-state index contributed by atoms with van der Waals surface area (Å²) < 4.78 is 0. The van der Waals surface area contributed by atoms with Crippen molar-refractivity contribution < 1.29 is 14.4 Å². The Kier molecular flexibility index (Phi) is 10.1. The number of benzene rings is 2. The Labute approximate surface area is 285 Å². The second kappa shape index (κ2) is 14.1. The molecule has 9 nitrogen and oxygen atoms in total. The number of urea groups is 1. The van der Waals surface area contributed by atoms with Crippen LogP contribution in [0.1, 0.15) is 69.4 Å². The lowest BCUT2D eigenvalue weighted by Crippen LogP contribution is -2.50. The number of rotatable bonds is 8. The lowest BCUT2D eigenvalue weighted by atomic mass is 9.92.